The summed E-state index contributed by atoms with van der Waals surface area (Å²) in [6.45, 7) is 10.6. The molecule has 3 heteroatoms. The minimum absolute atomic E-state index is 0. The van der Waals surface area contributed by atoms with Gasteiger partial charge in [-0.15, -0.1) is 0 Å². The van der Waals surface area contributed by atoms with E-state index in [1.807, 2.05) is 13.8 Å². The summed E-state index contributed by atoms with van der Waals surface area (Å²) < 4.78 is 10.5. The molecule has 0 radical (unpaired) electrons. The average Bonchev–Trinajstić information content (AvgIpc) is 2.05. The molecule has 0 saturated carbocycles. The number of ether oxygens (including phenoxy) is 2. The van der Waals surface area contributed by atoms with E-state index in [0.717, 1.165) is 25.9 Å². The molecule has 0 aliphatic heterocycles. The first-order valence-corrected chi connectivity index (χ1v) is 4.57. The van der Waals surface area contributed by atoms with Gasteiger partial charge in [-0.25, -0.2) is 0 Å². The first kappa shape index (κ1) is 15.7. The molecule has 0 rings (SSSR count). The van der Waals surface area contributed by atoms with E-state index < -0.39 is 0 Å². The van der Waals surface area contributed by atoms with Gasteiger partial charge in [-0.05, 0) is 20.3 Å². The van der Waals surface area contributed by atoms with Gasteiger partial charge in [0.25, 0.3) is 0 Å². The number of hydrogen-bond donors (Lipinski definition) is 0. The summed E-state index contributed by atoms with van der Waals surface area (Å²) in [5.74, 6) is 0. The number of rotatable bonds is 8. The Kier molecular flexibility index (Phi) is 14.8. The van der Waals surface area contributed by atoms with Crippen LogP contribution in [0, 0.1) is 6.58 Å². The monoisotopic (exact) mass is 178 g/mol. The minimum atomic E-state index is -0.0724. The second-order valence-electron chi connectivity index (χ2n) is 2.63. The van der Waals surface area contributed by atoms with Gasteiger partial charge in [0.15, 0.2) is 6.29 Å². The maximum absolute atomic E-state index is 5.35. The van der Waals surface area contributed by atoms with Crippen molar-refractivity contribution in [1.82, 2.24) is 0 Å². The van der Waals surface area contributed by atoms with E-state index in [1.54, 1.807) is 6.08 Å². The van der Waals surface area contributed by atoms with Crippen molar-refractivity contribution in [2.75, 3.05) is 13.2 Å². The Morgan fingerprint density at radius 3 is 2.54 bits per heavy atom. The van der Waals surface area contributed by atoms with Crippen LogP contribution in [0.3, 0.4) is 0 Å². The van der Waals surface area contributed by atoms with Crippen LogP contribution in [0.1, 0.15) is 33.1 Å². The van der Waals surface area contributed by atoms with Gasteiger partial charge in [0, 0.05) is 13.2 Å². The summed E-state index contributed by atoms with van der Waals surface area (Å²) in [5, 5.41) is 0. The third-order valence-electron chi connectivity index (χ3n) is 1.52. The van der Waals surface area contributed by atoms with Gasteiger partial charge in [0.2, 0.25) is 0 Å². The number of allylic oxidation sites excluding steroid dienone is 1. The SMILES string of the molecule is [CH-]=CCCCCOC(C)OCC.[Li+]. The topological polar surface area (TPSA) is 18.5 Å². The normalized spacial score (nSPS) is 11.8. The summed E-state index contributed by atoms with van der Waals surface area (Å²) in [6, 6.07) is 0. The van der Waals surface area contributed by atoms with Crippen LogP contribution in [-0.2, 0) is 9.47 Å². The maximum atomic E-state index is 5.35. The summed E-state index contributed by atoms with van der Waals surface area (Å²) >= 11 is 0. The van der Waals surface area contributed by atoms with Gasteiger partial charge < -0.3 is 16.1 Å². The van der Waals surface area contributed by atoms with Gasteiger partial charge in [-0.2, -0.15) is 0 Å². The predicted octanol–water partition coefficient (Wildman–Crippen LogP) is -0.451. The van der Waals surface area contributed by atoms with Crippen molar-refractivity contribution >= 4 is 0 Å². The van der Waals surface area contributed by atoms with Crippen LogP contribution in [0.2, 0.25) is 0 Å². The molecule has 2 nitrogen and oxygen atoms in total. The Labute approximate surface area is 93.9 Å². The molecule has 0 bridgehead atoms. The third kappa shape index (κ3) is 12.3. The van der Waals surface area contributed by atoms with E-state index in [-0.39, 0.29) is 25.2 Å². The molecule has 0 aromatic carbocycles. The second-order valence-corrected chi connectivity index (χ2v) is 2.63. The fourth-order valence-corrected chi connectivity index (χ4v) is 0.896. The first-order chi connectivity index (χ1) is 5.81. The molecule has 0 aliphatic carbocycles. The Morgan fingerprint density at radius 2 is 2.00 bits per heavy atom. The zero-order valence-corrected chi connectivity index (χ0v) is 9.08. The van der Waals surface area contributed by atoms with E-state index in [2.05, 4.69) is 0 Å². The molecular formula is C10H19LiO2. The van der Waals surface area contributed by atoms with Crippen molar-refractivity contribution < 1.29 is 28.3 Å². The van der Waals surface area contributed by atoms with Gasteiger partial charge in [-0.1, -0.05) is 12.8 Å². The average molecular weight is 178 g/mol. The quantitative estimate of drug-likeness (QED) is 0.217. The van der Waals surface area contributed by atoms with Gasteiger partial charge in [0.1, 0.15) is 0 Å². The minimum Gasteiger partial charge on any atom is -0.518 e. The molecule has 1 unspecified atom stereocenters. The Bertz CT molecular complexity index is 107. The van der Waals surface area contributed by atoms with E-state index in [4.69, 9.17) is 16.1 Å². The molecule has 0 aromatic heterocycles. The summed E-state index contributed by atoms with van der Waals surface area (Å²) in [5.41, 5.74) is 0. The van der Waals surface area contributed by atoms with Gasteiger partial charge in [-0.3, -0.25) is 6.08 Å². The van der Waals surface area contributed by atoms with Crippen LogP contribution in [0.5, 0.6) is 0 Å². The largest absolute Gasteiger partial charge is 1.00 e. The predicted molar refractivity (Wildman–Crippen MR) is 49.8 cm³/mol. The Balaban J connectivity index is 0. The molecule has 0 heterocycles. The number of hydrogen-bond acceptors (Lipinski definition) is 2. The van der Waals surface area contributed by atoms with E-state index in [0.29, 0.717) is 6.61 Å². The fourth-order valence-electron chi connectivity index (χ4n) is 0.896. The van der Waals surface area contributed by atoms with E-state index >= 15 is 0 Å². The van der Waals surface area contributed by atoms with Gasteiger partial charge in [0.05, 0.1) is 0 Å². The number of unbranched alkanes of at least 4 members (excludes halogenated alkanes) is 2. The zero-order valence-electron chi connectivity index (χ0n) is 9.08. The van der Waals surface area contributed by atoms with Crippen LogP contribution in [-0.4, -0.2) is 19.5 Å². The van der Waals surface area contributed by atoms with E-state index in [9.17, 15) is 0 Å². The second kappa shape index (κ2) is 12.3. The molecule has 0 spiro atoms. The molecule has 1 atom stereocenters. The van der Waals surface area contributed by atoms with Crippen molar-refractivity contribution in [2.24, 2.45) is 0 Å². The van der Waals surface area contributed by atoms with Crippen molar-refractivity contribution in [3.63, 3.8) is 0 Å². The molecular weight excluding hydrogens is 159 g/mol. The van der Waals surface area contributed by atoms with Crippen LogP contribution in [0.25, 0.3) is 0 Å². The van der Waals surface area contributed by atoms with Crippen molar-refractivity contribution in [1.29, 1.82) is 0 Å². The summed E-state index contributed by atoms with van der Waals surface area (Å²) in [4.78, 5) is 0. The fraction of sp³-hybridized carbons (Fsp3) is 0.800. The van der Waals surface area contributed by atoms with Crippen LogP contribution in [0.4, 0.5) is 0 Å². The first-order valence-electron chi connectivity index (χ1n) is 4.57. The Hall–Kier alpha value is 0.257. The van der Waals surface area contributed by atoms with Gasteiger partial charge >= 0.3 is 18.9 Å². The van der Waals surface area contributed by atoms with Crippen molar-refractivity contribution in [3.05, 3.63) is 12.7 Å². The van der Waals surface area contributed by atoms with Crippen molar-refractivity contribution in [3.8, 4) is 0 Å². The molecule has 0 aromatic rings. The third-order valence-corrected chi connectivity index (χ3v) is 1.52. The van der Waals surface area contributed by atoms with Crippen LogP contribution >= 0.6 is 0 Å². The molecule has 72 valence electrons. The van der Waals surface area contributed by atoms with Crippen molar-refractivity contribution in [2.45, 2.75) is 39.4 Å². The molecule has 0 fully saturated rings. The summed E-state index contributed by atoms with van der Waals surface area (Å²) in [7, 11) is 0. The standard InChI is InChI=1S/C10H19O2.Li/c1-4-6-7-8-9-12-10(3)11-5-2;/h1,4,10H,5-9H2,2-3H3;/q-1;+1. The molecule has 0 N–H and O–H groups in total. The molecule has 0 aliphatic rings. The van der Waals surface area contributed by atoms with Crippen LogP contribution < -0.4 is 18.9 Å². The smallest absolute Gasteiger partial charge is 0.518 e. The van der Waals surface area contributed by atoms with Crippen LogP contribution in [0.15, 0.2) is 6.08 Å². The Morgan fingerprint density at radius 1 is 1.31 bits per heavy atom. The molecule has 13 heavy (non-hydrogen) atoms. The van der Waals surface area contributed by atoms with E-state index in [1.165, 1.54) is 0 Å². The summed E-state index contributed by atoms with van der Waals surface area (Å²) in [6.07, 6.45) is 4.72. The zero-order chi connectivity index (χ0) is 9.23. The maximum Gasteiger partial charge on any atom is 1.00 e. The molecule has 0 saturated heterocycles. The molecule has 0 amide bonds.